The number of nitrogens with two attached hydrogens (primary N) is 1. The molecule has 0 saturated heterocycles. The third-order valence-electron chi connectivity index (χ3n) is 1.93. The summed E-state index contributed by atoms with van der Waals surface area (Å²) in [5, 5.41) is 2.68. The Hall–Kier alpha value is -1.23. The summed E-state index contributed by atoms with van der Waals surface area (Å²) in [5.41, 5.74) is 6.81. The summed E-state index contributed by atoms with van der Waals surface area (Å²) in [6, 6.07) is 5.52. The van der Waals surface area contributed by atoms with Gasteiger partial charge in [0, 0.05) is 16.7 Å². The Morgan fingerprint density at radius 3 is 2.71 bits per heavy atom. The molecule has 17 heavy (non-hydrogen) atoms. The Balaban J connectivity index is 2.56. The lowest BCUT2D eigenvalue weighted by Gasteiger charge is -2.19. The van der Waals surface area contributed by atoms with Gasteiger partial charge in [-0.15, -0.1) is 0 Å². The number of anilines is 1. The SMILES string of the molecule is CC(C)(C)OC(=O)NCc1cccc(N)c1Br. The summed E-state index contributed by atoms with van der Waals surface area (Å²) in [4.78, 5) is 11.4. The first-order valence-electron chi connectivity index (χ1n) is 5.29. The predicted octanol–water partition coefficient (Wildman–Crippen LogP) is 3.06. The van der Waals surface area contributed by atoms with Crippen molar-refractivity contribution in [1.82, 2.24) is 5.32 Å². The van der Waals surface area contributed by atoms with E-state index >= 15 is 0 Å². The maximum Gasteiger partial charge on any atom is 0.407 e. The maximum absolute atomic E-state index is 11.4. The van der Waals surface area contributed by atoms with E-state index in [0.29, 0.717) is 12.2 Å². The van der Waals surface area contributed by atoms with E-state index in [0.717, 1.165) is 10.0 Å². The highest BCUT2D eigenvalue weighted by Crippen LogP contribution is 2.23. The predicted molar refractivity (Wildman–Crippen MR) is 71.6 cm³/mol. The molecule has 0 aliphatic carbocycles. The van der Waals surface area contributed by atoms with Crippen LogP contribution in [-0.4, -0.2) is 11.7 Å². The summed E-state index contributed by atoms with van der Waals surface area (Å²) < 4.78 is 5.93. The van der Waals surface area contributed by atoms with Gasteiger partial charge in [-0.2, -0.15) is 0 Å². The first kappa shape index (κ1) is 13.8. The molecule has 0 spiro atoms. The summed E-state index contributed by atoms with van der Waals surface area (Å²) in [5.74, 6) is 0. The van der Waals surface area contributed by atoms with Crippen LogP contribution in [0.2, 0.25) is 0 Å². The second-order valence-corrected chi connectivity index (χ2v) is 5.47. The average molecular weight is 301 g/mol. The number of nitrogen functional groups attached to an aromatic ring is 1. The first-order valence-corrected chi connectivity index (χ1v) is 6.08. The zero-order chi connectivity index (χ0) is 13.1. The van der Waals surface area contributed by atoms with Crippen molar-refractivity contribution in [2.75, 3.05) is 5.73 Å². The fourth-order valence-electron chi connectivity index (χ4n) is 1.22. The molecule has 0 unspecified atom stereocenters. The number of hydrogen-bond acceptors (Lipinski definition) is 3. The van der Waals surface area contributed by atoms with Gasteiger partial charge in [0.2, 0.25) is 0 Å². The third-order valence-corrected chi connectivity index (χ3v) is 2.90. The fraction of sp³-hybridized carbons (Fsp3) is 0.417. The van der Waals surface area contributed by atoms with E-state index < -0.39 is 11.7 Å². The molecule has 1 aromatic rings. The molecule has 0 aromatic heterocycles. The lowest BCUT2D eigenvalue weighted by molar-refractivity contribution is 0.0523. The van der Waals surface area contributed by atoms with Crippen molar-refractivity contribution < 1.29 is 9.53 Å². The van der Waals surface area contributed by atoms with E-state index in [1.54, 1.807) is 6.07 Å². The Kier molecular flexibility index (Phi) is 4.40. The van der Waals surface area contributed by atoms with Gasteiger partial charge in [-0.3, -0.25) is 0 Å². The molecular formula is C12H17BrN2O2. The van der Waals surface area contributed by atoms with Crippen LogP contribution < -0.4 is 11.1 Å². The molecule has 0 aliphatic heterocycles. The number of nitrogens with one attached hydrogen (secondary N) is 1. The highest BCUT2D eigenvalue weighted by atomic mass is 79.9. The molecule has 0 bridgehead atoms. The van der Waals surface area contributed by atoms with E-state index in [1.807, 2.05) is 32.9 Å². The second-order valence-electron chi connectivity index (χ2n) is 4.68. The van der Waals surface area contributed by atoms with Gasteiger partial charge in [-0.1, -0.05) is 12.1 Å². The highest BCUT2D eigenvalue weighted by molar-refractivity contribution is 9.10. The van der Waals surface area contributed by atoms with Crippen LogP contribution >= 0.6 is 15.9 Å². The summed E-state index contributed by atoms with van der Waals surface area (Å²) in [6.45, 7) is 5.84. The molecular weight excluding hydrogens is 284 g/mol. The molecule has 0 aliphatic rings. The van der Waals surface area contributed by atoms with Gasteiger partial charge in [-0.25, -0.2) is 4.79 Å². The summed E-state index contributed by atoms with van der Waals surface area (Å²) >= 11 is 3.37. The average Bonchev–Trinajstić information content (AvgIpc) is 2.18. The molecule has 0 saturated carbocycles. The Morgan fingerprint density at radius 2 is 2.12 bits per heavy atom. The number of amides is 1. The molecule has 4 nitrogen and oxygen atoms in total. The molecule has 1 aromatic carbocycles. The molecule has 0 atom stereocenters. The van der Waals surface area contributed by atoms with Gasteiger partial charge >= 0.3 is 6.09 Å². The molecule has 1 rings (SSSR count). The van der Waals surface area contributed by atoms with E-state index in [-0.39, 0.29) is 0 Å². The summed E-state index contributed by atoms with van der Waals surface area (Å²) in [7, 11) is 0. The zero-order valence-corrected chi connectivity index (χ0v) is 11.8. The van der Waals surface area contributed by atoms with Crippen LogP contribution in [0.4, 0.5) is 10.5 Å². The van der Waals surface area contributed by atoms with Gasteiger partial charge in [0.1, 0.15) is 5.60 Å². The Bertz CT molecular complexity index is 413. The zero-order valence-electron chi connectivity index (χ0n) is 10.2. The van der Waals surface area contributed by atoms with E-state index in [2.05, 4.69) is 21.2 Å². The Labute approximate surface area is 110 Å². The van der Waals surface area contributed by atoms with E-state index in [4.69, 9.17) is 10.5 Å². The molecule has 0 radical (unpaired) electrons. The van der Waals surface area contributed by atoms with E-state index in [9.17, 15) is 4.79 Å². The standard InChI is InChI=1S/C12H17BrN2O2/c1-12(2,3)17-11(16)15-7-8-5-4-6-9(14)10(8)13/h4-6H,7,14H2,1-3H3,(H,15,16). The van der Waals surface area contributed by atoms with Gasteiger partial charge in [0.25, 0.3) is 0 Å². The fourth-order valence-corrected chi connectivity index (χ4v) is 1.62. The largest absolute Gasteiger partial charge is 0.444 e. The number of halogens is 1. The quantitative estimate of drug-likeness (QED) is 0.825. The lowest BCUT2D eigenvalue weighted by atomic mass is 10.2. The normalized spacial score (nSPS) is 11.1. The van der Waals surface area contributed by atoms with Crippen LogP contribution in [0.15, 0.2) is 22.7 Å². The number of hydrogen-bond donors (Lipinski definition) is 2. The topological polar surface area (TPSA) is 64.3 Å². The molecule has 0 fully saturated rings. The number of alkyl carbamates (subject to hydrolysis) is 1. The van der Waals surface area contributed by atoms with Crippen LogP contribution in [-0.2, 0) is 11.3 Å². The van der Waals surface area contributed by atoms with Crippen molar-refractivity contribution in [3.05, 3.63) is 28.2 Å². The minimum Gasteiger partial charge on any atom is -0.444 e. The van der Waals surface area contributed by atoms with Gasteiger partial charge in [0.15, 0.2) is 0 Å². The van der Waals surface area contributed by atoms with Gasteiger partial charge in [-0.05, 0) is 48.3 Å². The monoisotopic (exact) mass is 300 g/mol. The van der Waals surface area contributed by atoms with Crippen LogP contribution in [0.1, 0.15) is 26.3 Å². The number of ether oxygens (including phenoxy) is 1. The number of carbonyl (C=O) groups is 1. The number of rotatable bonds is 2. The molecule has 0 heterocycles. The molecule has 5 heteroatoms. The highest BCUT2D eigenvalue weighted by Gasteiger charge is 2.16. The van der Waals surface area contributed by atoms with Crippen LogP contribution in [0.25, 0.3) is 0 Å². The third kappa shape index (κ3) is 4.65. The smallest absolute Gasteiger partial charge is 0.407 e. The minimum absolute atomic E-state index is 0.376. The molecule has 3 N–H and O–H groups in total. The van der Waals surface area contributed by atoms with Gasteiger partial charge in [0.05, 0.1) is 0 Å². The molecule has 94 valence electrons. The van der Waals surface area contributed by atoms with Crippen molar-refractivity contribution in [3.8, 4) is 0 Å². The number of carbonyl (C=O) groups excluding carboxylic acids is 1. The minimum atomic E-state index is -0.489. The van der Waals surface area contributed by atoms with Crippen LogP contribution in [0.3, 0.4) is 0 Å². The van der Waals surface area contributed by atoms with Crippen molar-refractivity contribution in [1.29, 1.82) is 0 Å². The van der Waals surface area contributed by atoms with Crippen LogP contribution in [0.5, 0.6) is 0 Å². The van der Waals surface area contributed by atoms with Crippen molar-refractivity contribution in [2.45, 2.75) is 32.9 Å². The summed E-state index contributed by atoms with van der Waals surface area (Å²) in [6.07, 6.45) is -0.438. The lowest BCUT2D eigenvalue weighted by Crippen LogP contribution is -2.32. The second kappa shape index (κ2) is 5.40. The number of benzene rings is 1. The van der Waals surface area contributed by atoms with Gasteiger partial charge < -0.3 is 15.8 Å². The van der Waals surface area contributed by atoms with Crippen molar-refractivity contribution in [2.24, 2.45) is 0 Å². The van der Waals surface area contributed by atoms with Crippen molar-refractivity contribution >= 4 is 27.7 Å². The molecule has 1 amide bonds. The first-order chi connectivity index (χ1) is 7.79. The Morgan fingerprint density at radius 1 is 1.47 bits per heavy atom. The van der Waals surface area contributed by atoms with E-state index in [1.165, 1.54) is 0 Å². The van der Waals surface area contributed by atoms with Crippen LogP contribution in [0, 0.1) is 0 Å². The van der Waals surface area contributed by atoms with Crippen molar-refractivity contribution in [3.63, 3.8) is 0 Å². The maximum atomic E-state index is 11.4.